The van der Waals surface area contributed by atoms with Crippen molar-refractivity contribution in [3.63, 3.8) is 0 Å². The Balaban J connectivity index is 2.63. The van der Waals surface area contributed by atoms with Gasteiger partial charge in [0, 0.05) is 31.0 Å². The summed E-state index contributed by atoms with van der Waals surface area (Å²) in [5.41, 5.74) is 0.386. The molecule has 4 nitrogen and oxygen atoms in total. The Labute approximate surface area is 126 Å². The predicted molar refractivity (Wildman–Crippen MR) is 84.3 cm³/mol. The molecule has 0 saturated carbocycles. The van der Waals surface area contributed by atoms with E-state index in [1.54, 1.807) is 18.4 Å². The van der Waals surface area contributed by atoms with Crippen LogP contribution in [-0.4, -0.2) is 36.0 Å². The lowest BCUT2D eigenvalue weighted by atomic mass is 9.92. The van der Waals surface area contributed by atoms with E-state index in [4.69, 9.17) is 4.74 Å². The third kappa shape index (κ3) is 4.81. The van der Waals surface area contributed by atoms with Crippen LogP contribution in [0.25, 0.3) is 0 Å². The van der Waals surface area contributed by atoms with Gasteiger partial charge < -0.3 is 15.2 Å². The lowest BCUT2D eigenvalue weighted by Gasteiger charge is -2.29. The van der Waals surface area contributed by atoms with Crippen molar-refractivity contribution in [3.05, 3.63) is 15.6 Å². The van der Waals surface area contributed by atoms with Gasteiger partial charge in [-0.25, -0.2) is 4.98 Å². The molecule has 0 amide bonds. The minimum Gasteiger partial charge on any atom is -0.389 e. The van der Waals surface area contributed by atoms with Crippen molar-refractivity contribution in [2.45, 2.75) is 52.7 Å². The number of rotatable bonds is 8. The number of methoxy groups -OCH3 is 1. The zero-order valence-corrected chi connectivity index (χ0v) is 14.3. The second-order valence-corrected chi connectivity index (χ2v) is 7.03. The lowest BCUT2D eigenvalue weighted by Crippen LogP contribution is -2.42. The van der Waals surface area contributed by atoms with E-state index in [1.807, 2.05) is 27.7 Å². The number of aliphatic hydroxyl groups is 1. The summed E-state index contributed by atoms with van der Waals surface area (Å²) in [4.78, 5) is 5.83. The van der Waals surface area contributed by atoms with E-state index in [0.717, 1.165) is 17.1 Å². The first-order chi connectivity index (χ1) is 9.27. The number of aromatic nitrogens is 1. The Morgan fingerprint density at radius 1 is 1.40 bits per heavy atom. The molecule has 1 aromatic rings. The van der Waals surface area contributed by atoms with E-state index in [1.165, 1.54) is 4.88 Å². The second kappa shape index (κ2) is 7.50. The Hall–Kier alpha value is -0.490. The summed E-state index contributed by atoms with van der Waals surface area (Å²) in [5.74, 6) is 0.224. The van der Waals surface area contributed by atoms with E-state index < -0.39 is 5.60 Å². The fourth-order valence-electron chi connectivity index (χ4n) is 1.82. The van der Waals surface area contributed by atoms with Gasteiger partial charge in [0.05, 0.1) is 22.9 Å². The average Bonchev–Trinajstić information content (AvgIpc) is 2.74. The van der Waals surface area contributed by atoms with E-state index in [0.29, 0.717) is 13.2 Å². The molecular weight excluding hydrogens is 272 g/mol. The summed E-state index contributed by atoms with van der Waals surface area (Å²) in [5, 5.41) is 14.8. The van der Waals surface area contributed by atoms with Crippen molar-refractivity contribution in [1.29, 1.82) is 0 Å². The minimum atomic E-state index is -0.689. The maximum absolute atomic E-state index is 10.3. The maximum Gasteiger partial charge on any atom is 0.0954 e. The molecule has 2 unspecified atom stereocenters. The standard InChI is InChI=1S/C15H28N2O2S/c1-10(2)15(5,18)9-16-11(3)14-12(4)17-13(20-14)7-8-19-6/h10-11,16,18H,7-9H2,1-6H3. The fraction of sp³-hybridized carbons (Fsp3) is 0.800. The molecular formula is C15H28N2O2S. The Morgan fingerprint density at radius 3 is 2.60 bits per heavy atom. The van der Waals surface area contributed by atoms with Gasteiger partial charge in [-0.1, -0.05) is 13.8 Å². The van der Waals surface area contributed by atoms with Gasteiger partial charge in [0.15, 0.2) is 0 Å². The molecule has 2 N–H and O–H groups in total. The molecule has 0 aliphatic rings. The van der Waals surface area contributed by atoms with Crippen LogP contribution in [0, 0.1) is 12.8 Å². The molecule has 0 fully saturated rings. The number of hydrogen-bond acceptors (Lipinski definition) is 5. The van der Waals surface area contributed by atoms with Gasteiger partial charge in [-0.15, -0.1) is 11.3 Å². The smallest absolute Gasteiger partial charge is 0.0954 e. The zero-order valence-electron chi connectivity index (χ0n) is 13.5. The fourth-order valence-corrected chi connectivity index (χ4v) is 2.90. The highest BCUT2D eigenvalue weighted by Crippen LogP contribution is 2.26. The second-order valence-electron chi connectivity index (χ2n) is 5.91. The molecule has 2 atom stereocenters. The summed E-state index contributed by atoms with van der Waals surface area (Å²) in [6.07, 6.45) is 0.860. The maximum atomic E-state index is 10.3. The zero-order chi connectivity index (χ0) is 15.3. The molecule has 20 heavy (non-hydrogen) atoms. The van der Waals surface area contributed by atoms with Crippen LogP contribution < -0.4 is 5.32 Å². The summed E-state index contributed by atoms with van der Waals surface area (Å²) >= 11 is 1.73. The molecule has 0 radical (unpaired) electrons. The van der Waals surface area contributed by atoms with Crippen LogP contribution in [0.3, 0.4) is 0 Å². The van der Waals surface area contributed by atoms with E-state index in [2.05, 4.69) is 17.2 Å². The summed E-state index contributed by atoms with van der Waals surface area (Å²) in [6, 6.07) is 0.203. The van der Waals surface area contributed by atoms with Crippen LogP contribution >= 0.6 is 11.3 Å². The Kier molecular flexibility index (Phi) is 6.58. The molecule has 1 aromatic heterocycles. The average molecular weight is 300 g/mol. The summed E-state index contributed by atoms with van der Waals surface area (Å²) in [6.45, 7) is 11.4. The number of hydrogen-bond donors (Lipinski definition) is 2. The van der Waals surface area contributed by atoms with Crippen LogP contribution in [0.4, 0.5) is 0 Å². The van der Waals surface area contributed by atoms with Gasteiger partial charge in [-0.05, 0) is 26.7 Å². The first-order valence-corrected chi connectivity index (χ1v) is 8.00. The van der Waals surface area contributed by atoms with E-state index >= 15 is 0 Å². The molecule has 1 heterocycles. The topological polar surface area (TPSA) is 54.4 Å². The molecule has 5 heteroatoms. The van der Waals surface area contributed by atoms with Crippen molar-refractivity contribution in [2.75, 3.05) is 20.3 Å². The molecule has 0 spiro atoms. The SMILES string of the molecule is COCCc1nc(C)c(C(C)NCC(C)(O)C(C)C)s1. The van der Waals surface area contributed by atoms with Crippen LogP contribution in [-0.2, 0) is 11.2 Å². The molecule has 0 bridgehead atoms. The molecule has 0 aromatic carbocycles. The van der Waals surface area contributed by atoms with Gasteiger partial charge >= 0.3 is 0 Å². The number of thiazole rings is 1. The largest absolute Gasteiger partial charge is 0.389 e. The molecule has 0 aliphatic heterocycles. The first-order valence-electron chi connectivity index (χ1n) is 7.18. The molecule has 0 aliphatic carbocycles. The Bertz CT molecular complexity index is 416. The highest BCUT2D eigenvalue weighted by atomic mass is 32.1. The highest BCUT2D eigenvalue weighted by molar-refractivity contribution is 7.11. The van der Waals surface area contributed by atoms with Crippen LogP contribution in [0.1, 0.15) is 49.3 Å². The van der Waals surface area contributed by atoms with Crippen molar-refractivity contribution in [3.8, 4) is 0 Å². The third-order valence-corrected chi connectivity index (χ3v) is 5.20. The number of aryl methyl sites for hydroxylation is 1. The lowest BCUT2D eigenvalue weighted by molar-refractivity contribution is 0.0122. The molecule has 116 valence electrons. The monoisotopic (exact) mass is 300 g/mol. The van der Waals surface area contributed by atoms with Gasteiger partial charge in [0.1, 0.15) is 0 Å². The first kappa shape index (κ1) is 17.6. The summed E-state index contributed by atoms with van der Waals surface area (Å²) < 4.78 is 5.09. The minimum absolute atomic E-state index is 0.203. The predicted octanol–water partition coefficient (Wildman–Crippen LogP) is 2.70. The van der Waals surface area contributed by atoms with Gasteiger partial charge in [-0.3, -0.25) is 0 Å². The van der Waals surface area contributed by atoms with E-state index in [9.17, 15) is 5.11 Å². The molecule has 0 saturated heterocycles. The van der Waals surface area contributed by atoms with E-state index in [-0.39, 0.29) is 12.0 Å². The third-order valence-electron chi connectivity index (χ3n) is 3.80. The van der Waals surface area contributed by atoms with Crippen LogP contribution in [0.5, 0.6) is 0 Å². The quantitative estimate of drug-likeness (QED) is 0.775. The van der Waals surface area contributed by atoms with Crippen LogP contribution in [0.15, 0.2) is 0 Å². The number of ether oxygens (including phenoxy) is 1. The van der Waals surface area contributed by atoms with Crippen LogP contribution in [0.2, 0.25) is 0 Å². The van der Waals surface area contributed by atoms with Gasteiger partial charge in [0.25, 0.3) is 0 Å². The number of nitrogens with zero attached hydrogens (tertiary/aromatic N) is 1. The number of nitrogens with one attached hydrogen (secondary N) is 1. The van der Waals surface area contributed by atoms with Crippen molar-refractivity contribution in [1.82, 2.24) is 10.3 Å². The van der Waals surface area contributed by atoms with Gasteiger partial charge in [-0.2, -0.15) is 0 Å². The van der Waals surface area contributed by atoms with Gasteiger partial charge in [0.2, 0.25) is 0 Å². The Morgan fingerprint density at radius 2 is 2.05 bits per heavy atom. The molecule has 1 rings (SSSR count). The van der Waals surface area contributed by atoms with Crippen molar-refractivity contribution >= 4 is 11.3 Å². The van der Waals surface area contributed by atoms with Crippen molar-refractivity contribution in [2.24, 2.45) is 5.92 Å². The highest BCUT2D eigenvalue weighted by Gasteiger charge is 2.26. The summed E-state index contributed by atoms with van der Waals surface area (Å²) in [7, 11) is 1.71. The normalized spacial score (nSPS) is 16.4. The van der Waals surface area contributed by atoms with Crippen molar-refractivity contribution < 1.29 is 9.84 Å².